The van der Waals surface area contributed by atoms with Gasteiger partial charge in [0, 0.05) is 25.2 Å². The summed E-state index contributed by atoms with van der Waals surface area (Å²) >= 11 is 0. The summed E-state index contributed by atoms with van der Waals surface area (Å²) in [6.45, 7) is 12.7. The Balaban J connectivity index is 2.59. The van der Waals surface area contributed by atoms with Gasteiger partial charge in [-0.15, -0.1) is 0 Å². The topological polar surface area (TPSA) is 6.48 Å². The van der Waals surface area contributed by atoms with E-state index in [2.05, 4.69) is 37.7 Å². The van der Waals surface area contributed by atoms with Gasteiger partial charge in [-0.05, 0) is 33.6 Å². The minimum Gasteiger partial charge on any atom is -0.242 e. The zero-order valence-corrected chi connectivity index (χ0v) is 8.93. The van der Waals surface area contributed by atoms with Gasteiger partial charge < -0.3 is 0 Å². The summed E-state index contributed by atoms with van der Waals surface area (Å²) in [6.07, 6.45) is 2.72. The Labute approximate surface area is 76.5 Å². The van der Waals surface area contributed by atoms with Gasteiger partial charge in [0.2, 0.25) is 0 Å². The molecule has 1 fully saturated rings. The standard InChI is InChI=1S/C10H22N2/c1-5-11-8-6-7-9-12(11)10(2,3)4/h5-9H2,1-4H3. The molecule has 72 valence electrons. The molecule has 1 saturated heterocycles. The molecule has 1 rings (SSSR count). The van der Waals surface area contributed by atoms with Crippen LogP contribution in [0.15, 0.2) is 0 Å². The molecule has 12 heavy (non-hydrogen) atoms. The zero-order chi connectivity index (χ0) is 9.19. The normalized spacial score (nSPS) is 23.0. The second-order valence-corrected chi connectivity index (χ2v) is 4.55. The van der Waals surface area contributed by atoms with E-state index in [1.807, 2.05) is 0 Å². The van der Waals surface area contributed by atoms with E-state index >= 15 is 0 Å². The molecule has 0 N–H and O–H groups in total. The molecule has 1 heterocycles. The average Bonchev–Trinajstić information content (AvgIpc) is 2.03. The lowest BCUT2D eigenvalue weighted by Gasteiger charge is -2.46. The smallest absolute Gasteiger partial charge is 0.0272 e. The van der Waals surface area contributed by atoms with E-state index in [0.717, 1.165) is 6.54 Å². The molecule has 0 amide bonds. The van der Waals surface area contributed by atoms with Gasteiger partial charge in [-0.25, -0.2) is 10.0 Å². The highest BCUT2D eigenvalue weighted by molar-refractivity contribution is 4.77. The van der Waals surface area contributed by atoms with Crippen LogP contribution in [0.2, 0.25) is 0 Å². The molecule has 0 aromatic heterocycles. The van der Waals surface area contributed by atoms with Gasteiger partial charge in [0.15, 0.2) is 0 Å². The van der Waals surface area contributed by atoms with Gasteiger partial charge in [0.05, 0.1) is 0 Å². The fourth-order valence-corrected chi connectivity index (χ4v) is 1.91. The molecular formula is C10H22N2. The third kappa shape index (κ3) is 2.20. The van der Waals surface area contributed by atoms with Crippen molar-refractivity contribution in [2.75, 3.05) is 19.6 Å². The van der Waals surface area contributed by atoms with E-state index in [4.69, 9.17) is 0 Å². The maximum Gasteiger partial charge on any atom is 0.0272 e. The fraction of sp³-hybridized carbons (Fsp3) is 1.00. The van der Waals surface area contributed by atoms with E-state index in [-0.39, 0.29) is 0 Å². The molecule has 0 bridgehead atoms. The Kier molecular flexibility index (Phi) is 3.13. The van der Waals surface area contributed by atoms with E-state index in [1.54, 1.807) is 0 Å². The molecule has 0 radical (unpaired) electrons. The van der Waals surface area contributed by atoms with Crippen LogP contribution in [0.4, 0.5) is 0 Å². The van der Waals surface area contributed by atoms with Crippen molar-refractivity contribution in [2.45, 2.75) is 46.1 Å². The molecule has 0 unspecified atom stereocenters. The van der Waals surface area contributed by atoms with Gasteiger partial charge in [0.1, 0.15) is 0 Å². The van der Waals surface area contributed by atoms with Crippen molar-refractivity contribution in [1.29, 1.82) is 0 Å². The highest BCUT2D eigenvalue weighted by Gasteiger charge is 2.27. The van der Waals surface area contributed by atoms with Crippen molar-refractivity contribution in [3.8, 4) is 0 Å². The predicted molar refractivity (Wildman–Crippen MR) is 52.9 cm³/mol. The summed E-state index contributed by atoms with van der Waals surface area (Å²) < 4.78 is 0. The van der Waals surface area contributed by atoms with Crippen LogP contribution in [0.1, 0.15) is 40.5 Å². The molecule has 1 aliphatic heterocycles. The maximum absolute atomic E-state index is 2.51. The van der Waals surface area contributed by atoms with Gasteiger partial charge >= 0.3 is 0 Å². The Morgan fingerprint density at radius 2 is 1.67 bits per heavy atom. The molecule has 0 aromatic carbocycles. The van der Waals surface area contributed by atoms with Crippen LogP contribution in [0.25, 0.3) is 0 Å². The number of hydrogen-bond donors (Lipinski definition) is 0. The van der Waals surface area contributed by atoms with Crippen LogP contribution in [0.5, 0.6) is 0 Å². The number of hydrogen-bond acceptors (Lipinski definition) is 2. The Hall–Kier alpha value is -0.0800. The highest BCUT2D eigenvalue weighted by Crippen LogP contribution is 2.20. The van der Waals surface area contributed by atoms with Crippen LogP contribution in [-0.4, -0.2) is 35.2 Å². The first-order valence-corrected chi connectivity index (χ1v) is 5.08. The maximum atomic E-state index is 2.51. The lowest BCUT2D eigenvalue weighted by molar-refractivity contribution is -0.107. The molecule has 1 aliphatic rings. The fourth-order valence-electron chi connectivity index (χ4n) is 1.91. The molecule has 0 aromatic rings. The molecular weight excluding hydrogens is 148 g/mol. The highest BCUT2D eigenvalue weighted by atomic mass is 15.6. The summed E-state index contributed by atoms with van der Waals surface area (Å²) in [4.78, 5) is 0. The van der Waals surface area contributed by atoms with E-state index in [1.165, 1.54) is 25.9 Å². The van der Waals surface area contributed by atoms with E-state index in [9.17, 15) is 0 Å². The summed E-state index contributed by atoms with van der Waals surface area (Å²) in [5.74, 6) is 0. The molecule has 2 heteroatoms. The average molecular weight is 170 g/mol. The third-order valence-corrected chi connectivity index (χ3v) is 2.52. The van der Waals surface area contributed by atoms with E-state index < -0.39 is 0 Å². The van der Waals surface area contributed by atoms with Crippen molar-refractivity contribution < 1.29 is 0 Å². The van der Waals surface area contributed by atoms with Crippen LogP contribution in [-0.2, 0) is 0 Å². The number of hydrazine groups is 1. The van der Waals surface area contributed by atoms with Crippen LogP contribution in [0, 0.1) is 0 Å². The predicted octanol–water partition coefficient (Wildman–Crippen LogP) is 2.12. The third-order valence-electron chi connectivity index (χ3n) is 2.52. The second-order valence-electron chi connectivity index (χ2n) is 4.55. The first kappa shape index (κ1) is 10.0. The van der Waals surface area contributed by atoms with Gasteiger partial charge in [-0.2, -0.15) is 0 Å². The lowest BCUT2D eigenvalue weighted by atomic mass is 10.1. The Morgan fingerprint density at radius 1 is 1.08 bits per heavy atom. The van der Waals surface area contributed by atoms with Gasteiger partial charge in [-0.1, -0.05) is 6.92 Å². The van der Waals surface area contributed by atoms with Gasteiger partial charge in [-0.3, -0.25) is 0 Å². The second kappa shape index (κ2) is 3.75. The van der Waals surface area contributed by atoms with Crippen molar-refractivity contribution in [2.24, 2.45) is 0 Å². The largest absolute Gasteiger partial charge is 0.242 e. The van der Waals surface area contributed by atoms with Crippen LogP contribution >= 0.6 is 0 Å². The van der Waals surface area contributed by atoms with Crippen molar-refractivity contribution >= 4 is 0 Å². The Bertz CT molecular complexity index is 137. The van der Waals surface area contributed by atoms with Crippen molar-refractivity contribution in [3.05, 3.63) is 0 Å². The summed E-state index contributed by atoms with van der Waals surface area (Å²) in [5, 5.41) is 4.99. The monoisotopic (exact) mass is 170 g/mol. The summed E-state index contributed by atoms with van der Waals surface area (Å²) in [7, 11) is 0. The quantitative estimate of drug-likeness (QED) is 0.595. The minimum absolute atomic E-state index is 0.302. The SMILES string of the molecule is CCN1CCCCN1C(C)(C)C. The molecule has 0 spiro atoms. The van der Waals surface area contributed by atoms with Crippen LogP contribution < -0.4 is 0 Å². The summed E-state index contributed by atoms with van der Waals surface area (Å²) in [6, 6.07) is 0. The van der Waals surface area contributed by atoms with E-state index in [0.29, 0.717) is 5.54 Å². The van der Waals surface area contributed by atoms with Gasteiger partial charge in [0.25, 0.3) is 0 Å². The Morgan fingerprint density at radius 3 is 2.08 bits per heavy atom. The van der Waals surface area contributed by atoms with Crippen LogP contribution in [0.3, 0.4) is 0 Å². The van der Waals surface area contributed by atoms with Crippen molar-refractivity contribution in [3.63, 3.8) is 0 Å². The molecule has 0 aliphatic carbocycles. The number of nitrogens with zero attached hydrogens (tertiary/aromatic N) is 2. The molecule has 0 saturated carbocycles. The summed E-state index contributed by atoms with van der Waals surface area (Å²) in [5.41, 5.74) is 0.302. The molecule has 0 atom stereocenters. The van der Waals surface area contributed by atoms with Crippen molar-refractivity contribution in [1.82, 2.24) is 10.0 Å². The zero-order valence-electron chi connectivity index (χ0n) is 8.93. The lowest BCUT2D eigenvalue weighted by Crippen LogP contribution is -2.55. The minimum atomic E-state index is 0.302. The first-order chi connectivity index (χ1) is 5.55. The number of rotatable bonds is 1. The molecule has 2 nitrogen and oxygen atoms in total. The first-order valence-electron chi connectivity index (χ1n) is 5.08.